The molecule has 1 aromatic heterocycles. The van der Waals surface area contributed by atoms with Crippen LogP contribution in [0.1, 0.15) is 35.9 Å². The molecule has 1 fully saturated rings. The van der Waals surface area contributed by atoms with Gasteiger partial charge < -0.3 is 15.5 Å². The lowest BCUT2D eigenvalue weighted by molar-refractivity contribution is 0.0896. The van der Waals surface area contributed by atoms with E-state index in [1.165, 1.54) is 6.26 Å². The van der Waals surface area contributed by atoms with E-state index in [0.29, 0.717) is 23.8 Å². The van der Waals surface area contributed by atoms with Gasteiger partial charge in [-0.1, -0.05) is 0 Å². The van der Waals surface area contributed by atoms with Crippen LogP contribution < -0.4 is 11.1 Å². The quantitative estimate of drug-likeness (QED) is 0.866. The first kappa shape index (κ1) is 14.1. The van der Waals surface area contributed by atoms with Crippen LogP contribution in [0.3, 0.4) is 0 Å². The SMILES string of the molecule is Cc1occc1C(=O)NC(C)(CN)C1CC1.Cl. The monoisotopic (exact) mass is 258 g/mol. The van der Waals surface area contributed by atoms with Crippen molar-refractivity contribution in [2.24, 2.45) is 11.7 Å². The number of hydrogen-bond acceptors (Lipinski definition) is 3. The predicted molar refractivity (Wildman–Crippen MR) is 68.3 cm³/mol. The third kappa shape index (κ3) is 2.82. The molecule has 0 saturated heterocycles. The van der Waals surface area contributed by atoms with Crippen molar-refractivity contribution >= 4 is 18.3 Å². The van der Waals surface area contributed by atoms with E-state index in [9.17, 15) is 4.79 Å². The molecule has 1 atom stereocenters. The molecule has 0 radical (unpaired) electrons. The highest BCUT2D eigenvalue weighted by Gasteiger charge is 2.41. The number of hydrogen-bond donors (Lipinski definition) is 2. The Morgan fingerprint density at radius 1 is 1.65 bits per heavy atom. The van der Waals surface area contributed by atoms with Gasteiger partial charge in [-0.2, -0.15) is 0 Å². The topological polar surface area (TPSA) is 68.3 Å². The molecule has 4 nitrogen and oxygen atoms in total. The summed E-state index contributed by atoms with van der Waals surface area (Å²) in [6.45, 7) is 4.27. The first-order chi connectivity index (χ1) is 7.57. The minimum Gasteiger partial charge on any atom is -0.469 e. The molecule has 1 amide bonds. The zero-order chi connectivity index (χ0) is 11.8. The number of nitrogens with two attached hydrogens (primary N) is 1. The molecule has 0 spiro atoms. The maximum atomic E-state index is 12.0. The molecule has 1 aliphatic carbocycles. The summed E-state index contributed by atoms with van der Waals surface area (Å²) in [6.07, 6.45) is 3.83. The molecule has 5 heteroatoms. The van der Waals surface area contributed by atoms with Crippen molar-refractivity contribution in [1.82, 2.24) is 5.32 Å². The van der Waals surface area contributed by atoms with Gasteiger partial charge in [0.05, 0.1) is 17.4 Å². The van der Waals surface area contributed by atoms with Crippen LogP contribution in [0.2, 0.25) is 0 Å². The van der Waals surface area contributed by atoms with E-state index in [0.717, 1.165) is 12.8 Å². The lowest BCUT2D eigenvalue weighted by atomic mass is 9.95. The van der Waals surface area contributed by atoms with Crippen molar-refractivity contribution in [1.29, 1.82) is 0 Å². The molecule has 96 valence electrons. The predicted octanol–water partition coefficient (Wildman–Crippen LogP) is 1.87. The number of furan rings is 1. The van der Waals surface area contributed by atoms with Crippen LogP contribution in [0.15, 0.2) is 16.7 Å². The van der Waals surface area contributed by atoms with Gasteiger partial charge in [0, 0.05) is 6.54 Å². The molecule has 2 rings (SSSR count). The molecule has 1 unspecified atom stereocenters. The van der Waals surface area contributed by atoms with Gasteiger partial charge in [0.25, 0.3) is 5.91 Å². The summed E-state index contributed by atoms with van der Waals surface area (Å²) in [5.41, 5.74) is 6.07. The normalized spacial score (nSPS) is 18.1. The van der Waals surface area contributed by atoms with Crippen molar-refractivity contribution < 1.29 is 9.21 Å². The number of amides is 1. The van der Waals surface area contributed by atoms with Gasteiger partial charge in [0.2, 0.25) is 0 Å². The van der Waals surface area contributed by atoms with Crippen molar-refractivity contribution in [2.45, 2.75) is 32.2 Å². The standard InChI is InChI=1S/C12H18N2O2.ClH/c1-8-10(5-6-16-8)11(15)14-12(2,7-13)9-3-4-9;/h5-6,9H,3-4,7,13H2,1-2H3,(H,14,15);1H. The van der Waals surface area contributed by atoms with Gasteiger partial charge in [0.15, 0.2) is 0 Å². The van der Waals surface area contributed by atoms with E-state index >= 15 is 0 Å². The second-order valence-electron chi connectivity index (χ2n) is 4.74. The van der Waals surface area contributed by atoms with E-state index in [-0.39, 0.29) is 23.9 Å². The second-order valence-corrected chi connectivity index (χ2v) is 4.74. The third-order valence-electron chi connectivity index (χ3n) is 3.40. The maximum Gasteiger partial charge on any atom is 0.255 e. The highest BCUT2D eigenvalue weighted by molar-refractivity contribution is 5.95. The largest absolute Gasteiger partial charge is 0.469 e. The van der Waals surface area contributed by atoms with Gasteiger partial charge in [-0.3, -0.25) is 4.79 Å². The Balaban J connectivity index is 0.00000144. The Hall–Kier alpha value is -1.00. The van der Waals surface area contributed by atoms with Gasteiger partial charge in [0.1, 0.15) is 5.76 Å². The Kier molecular flexibility index (Phi) is 4.22. The number of carbonyl (C=O) groups excluding carboxylic acids is 1. The van der Waals surface area contributed by atoms with E-state index in [4.69, 9.17) is 10.2 Å². The van der Waals surface area contributed by atoms with Crippen molar-refractivity contribution in [3.05, 3.63) is 23.7 Å². The minimum absolute atomic E-state index is 0. The molecular weight excluding hydrogens is 240 g/mol. The summed E-state index contributed by atoms with van der Waals surface area (Å²) < 4.78 is 5.12. The third-order valence-corrected chi connectivity index (χ3v) is 3.40. The van der Waals surface area contributed by atoms with Crippen LogP contribution in [0.25, 0.3) is 0 Å². The Morgan fingerprint density at radius 2 is 2.29 bits per heavy atom. The van der Waals surface area contributed by atoms with Gasteiger partial charge in [-0.05, 0) is 38.7 Å². The number of aryl methyl sites for hydroxylation is 1. The highest BCUT2D eigenvalue weighted by Crippen LogP contribution is 2.39. The van der Waals surface area contributed by atoms with Crippen molar-refractivity contribution in [2.75, 3.05) is 6.54 Å². The fourth-order valence-electron chi connectivity index (χ4n) is 1.99. The molecule has 1 saturated carbocycles. The Labute approximate surface area is 107 Å². The van der Waals surface area contributed by atoms with E-state index in [1.807, 2.05) is 6.92 Å². The lowest BCUT2D eigenvalue weighted by Crippen LogP contribution is -2.53. The molecule has 1 aromatic rings. The number of carbonyl (C=O) groups is 1. The van der Waals surface area contributed by atoms with Gasteiger partial charge >= 0.3 is 0 Å². The van der Waals surface area contributed by atoms with Crippen LogP contribution in [-0.4, -0.2) is 18.0 Å². The van der Waals surface area contributed by atoms with Crippen molar-refractivity contribution in [3.63, 3.8) is 0 Å². The molecule has 1 heterocycles. The molecule has 0 aromatic carbocycles. The van der Waals surface area contributed by atoms with Crippen LogP contribution in [0, 0.1) is 12.8 Å². The highest BCUT2D eigenvalue weighted by atomic mass is 35.5. The zero-order valence-corrected chi connectivity index (χ0v) is 11.0. The average molecular weight is 259 g/mol. The summed E-state index contributed by atoms with van der Waals surface area (Å²) in [6, 6.07) is 1.69. The van der Waals surface area contributed by atoms with E-state index < -0.39 is 0 Å². The van der Waals surface area contributed by atoms with Gasteiger partial charge in [-0.15, -0.1) is 12.4 Å². The summed E-state index contributed by atoms with van der Waals surface area (Å²) >= 11 is 0. The molecule has 1 aliphatic rings. The molecule has 0 bridgehead atoms. The summed E-state index contributed by atoms with van der Waals surface area (Å²) in [4.78, 5) is 12.0. The number of nitrogens with one attached hydrogen (secondary N) is 1. The average Bonchev–Trinajstić information content (AvgIpc) is 3.02. The van der Waals surface area contributed by atoms with Crippen LogP contribution in [0.4, 0.5) is 0 Å². The number of halogens is 1. The maximum absolute atomic E-state index is 12.0. The van der Waals surface area contributed by atoms with Gasteiger partial charge in [-0.25, -0.2) is 0 Å². The summed E-state index contributed by atoms with van der Waals surface area (Å²) in [5, 5.41) is 3.02. The molecule has 0 aliphatic heterocycles. The fourth-order valence-corrected chi connectivity index (χ4v) is 1.99. The van der Waals surface area contributed by atoms with E-state index in [2.05, 4.69) is 5.32 Å². The lowest BCUT2D eigenvalue weighted by Gasteiger charge is -2.29. The second kappa shape index (κ2) is 5.10. The zero-order valence-electron chi connectivity index (χ0n) is 10.2. The molecule has 17 heavy (non-hydrogen) atoms. The minimum atomic E-state index is -0.277. The summed E-state index contributed by atoms with van der Waals surface area (Å²) in [5.74, 6) is 1.08. The van der Waals surface area contributed by atoms with Crippen molar-refractivity contribution in [3.8, 4) is 0 Å². The first-order valence-electron chi connectivity index (χ1n) is 5.63. The first-order valence-corrected chi connectivity index (χ1v) is 5.63. The molecular formula is C12H19ClN2O2. The smallest absolute Gasteiger partial charge is 0.255 e. The number of rotatable bonds is 4. The van der Waals surface area contributed by atoms with Crippen LogP contribution in [-0.2, 0) is 0 Å². The summed E-state index contributed by atoms with van der Waals surface area (Å²) in [7, 11) is 0. The molecule has 3 N–H and O–H groups in total. The van der Waals surface area contributed by atoms with Crippen LogP contribution in [0.5, 0.6) is 0 Å². The Morgan fingerprint density at radius 3 is 2.71 bits per heavy atom. The van der Waals surface area contributed by atoms with Crippen LogP contribution >= 0.6 is 12.4 Å². The Bertz CT molecular complexity index is 401. The van der Waals surface area contributed by atoms with E-state index in [1.54, 1.807) is 13.0 Å². The fraction of sp³-hybridized carbons (Fsp3) is 0.583.